The predicted molar refractivity (Wildman–Crippen MR) is 133 cm³/mol. The second-order valence-electron chi connectivity index (χ2n) is 11.9. The third kappa shape index (κ3) is 5.31. The van der Waals surface area contributed by atoms with Crippen molar-refractivity contribution in [3.05, 3.63) is 35.4 Å². The van der Waals surface area contributed by atoms with Gasteiger partial charge in [-0.1, -0.05) is 50.6 Å². The van der Waals surface area contributed by atoms with Gasteiger partial charge in [0.15, 0.2) is 0 Å². The van der Waals surface area contributed by atoms with Crippen LogP contribution in [0.1, 0.15) is 76.8 Å². The summed E-state index contributed by atoms with van der Waals surface area (Å²) in [4.78, 5) is 41.9. The van der Waals surface area contributed by atoms with Crippen LogP contribution in [0, 0.1) is 24.2 Å². The van der Waals surface area contributed by atoms with Gasteiger partial charge in [-0.2, -0.15) is 0 Å². The molecule has 0 atom stereocenters. The normalized spacial score (nSPS) is 26.3. The van der Waals surface area contributed by atoms with Gasteiger partial charge in [0.2, 0.25) is 5.91 Å². The lowest BCUT2D eigenvalue weighted by Gasteiger charge is -2.40. The minimum atomic E-state index is -0.803. The summed E-state index contributed by atoms with van der Waals surface area (Å²) in [5.41, 5.74) is 2.05. The second-order valence-corrected chi connectivity index (χ2v) is 11.9. The van der Waals surface area contributed by atoms with E-state index in [0.29, 0.717) is 37.8 Å². The number of carbonyl (C=O) groups excluding carboxylic acids is 3. The molecule has 1 spiro atoms. The summed E-state index contributed by atoms with van der Waals surface area (Å²) in [6.45, 7) is 10.1. The Bertz CT molecular complexity index is 902. The minimum Gasteiger partial charge on any atom is -0.341 e. The molecule has 4 rings (SSSR count). The van der Waals surface area contributed by atoms with E-state index in [-0.39, 0.29) is 23.8 Å². The first kappa shape index (κ1) is 24.7. The summed E-state index contributed by atoms with van der Waals surface area (Å²) in [7, 11) is 0. The maximum absolute atomic E-state index is 13.2. The third-order valence-electron chi connectivity index (χ3n) is 8.53. The zero-order valence-electron chi connectivity index (χ0n) is 21.4. The molecule has 4 amide bonds. The van der Waals surface area contributed by atoms with E-state index in [1.807, 2.05) is 4.90 Å². The molecular weight excluding hydrogens is 426 g/mol. The first-order valence-electron chi connectivity index (χ1n) is 13.0. The summed E-state index contributed by atoms with van der Waals surface area (Å²) in [5.74, 6) is 0.848. The number of benzene rings is 1. The molecule has 1 N–H and O–H groups in total. The van der Waals surface area contributed by atoms with Gasteiger partial charge in [-0.3, -0.25) is 14.5 Å². The topological polar surface area (TPSA) is 69.7 Å². The quantitative estimate of drug-likeness (QED) is 0.639. The summed E-state index contributed by atoms with van der Waals surface area (Å²) in [6.07, 6.45) is 7.34. The molecule has 1 aromatic carbocycles. The van der Waals surface area contributed by atoms with Gasteiger partial charge in [-0.15, -0.1) is 0 Å². The zero-order chi connectivity index (χ0) is 24.5. The molecular formula is C28H41N3O3. The van der Waals surface area contributed by atoms with Gasteiger partial charge in [-0.25, -0.2) is 4.79 Å². The number of nitrogens with zero attached hydrogens (tertiary/aromatic N) is 2. The number of carbonyl (C=O) groups is 3. The summed E-state index contributed by atoms with van der Waals surface area (Å²) < 4.78 is 0. The third-order valence-corrected chi connectivity index (χ3v) is 8.53. The van der Waals surface area contributed by atoms with Gasteiger partial charge in [0.25, 0.3) is 5.91 Å². The second kappa shape index (κ2) is 9.71. The zero-order valence-corrected chi connectivity index (χ0v) is 21.4. The van der Waals surface area contributed by atoms with Gasteiger partial charge in [0.1, 0.15) is 12.1 Å². The van der Waals surface area contributed by atoms with Crippen LogP contribution in [-0.2, 0) is 16.0 Å². The lowest BCUT2D eigenvalue weighted by Crippen LogP contribution is -2.51. The molecule has 186 valence electrons. The molecule has 34 heavy (non-hydrogen) atoms. The summed E-state index contributed by atoms with van der Waals surface area (Å²) in [6, 6.07) is 8.32. The van der Waals surface area contributed by atoms with Gasteiger partial charge in [0.05, 0.1) is 0 Å². The highest BCUT2D eigenvalue weighted by Gasteiger charge is 2.53. The van der Waals surface area contributed by atoms with Crippen LogP contribution in [0.2, 0.25) is 0 Å². The van der Waals surface area contributed by atoms with E-state index in [4.69, 9.17) is 0 Å². The number of rotatable bonds is 5. The van der Waals surface area contributed by atoms with E-state index < -0.39 is 11.6 Å². The van der Waals surface area contributed by atoms with E-state index in [0.717, 1.165) is 38.5 Å². The first-order chi connectivity index (χ1) is 16.1. The molecule has 0 aromatic heterocycles. The number of amides is 4. The molecule has 2 saturated heterocycles. The molecule has 3 aliphatic rings. The van der Waals surface area contributed by atoms with E-state index in [1.54, 1.807) is 0 Å². The Hall–Kier alpha value is -2.37. The Kier molecular flexibility index (Phi) is 7.07. The van der Waals surface area contributed by atoms with Gasteiger partial charge in [-0.05, 0) is 81.1 Å². The Morgan fingerprint density at radius 2 is 1.65 bits per heavy atom. The molecule has 1 saturated carbocycles. The number of piperidine rings is 1. The SMILES string of the molecule is Cc1ccc(CCC2CCN(C(=O)CN3C(=O)NC4(CCC(C(C)(C)C)CC4)C3=O)CC2)cc1. The number of hydrogen-bond acceptors (Lipinski definition) is 3. The smallest absolute Gasteiger partial charge is 0.325 e. The predicted octanol–water partition coefficient (Wildman–Crippen LogP) is 4.69. The molecule has 2 heterocycles. The molecule has 0 radical (unpaired) electrons. The molecule has 3 fully saturated rings. The number of urea groups is 1. The molecule has 1 aliphatic carbocycles. The highest BCUT2D eigenvalue weighted by molar-refractivity contribution is 6.09. The lowest BCUT2D eigenvalue weighted by molar-refractivity contribution is -0.140. The monoisotopic (exact) mass is 467 g/mol. The lowest BCUT2D eigenvalue weighted by atomic mass is 9.67. The Morgan fingerprint density at radius 3 is 2.24 bits per heavy atom. The van der Waals surface area contributed by atoms with E-state index >= 15 is 0 Å². The van der Waals surface area contributed by atoms with Crippen molar-refractivity contribution < 1.29 is 14.4 Å². The van der Waals surface area contributed by atoms with Crippen LogP contribution in [0.4, 0.5) is 4.79 Å². The van der Waals surface area contributed by atoms with Crippen molar-refractivity contribution in [1.29, 1.82) is 0 Å². The van der Waals surface area contributed by atoms with Crippen molar-refractivity contribution >= 4 is 17.8 Å². The van der Waals surface area contributed by atoms with Crippen molar-refractivity contribution in [2.75, 3.05) is 19.6 Å². The largest absolute Gasteiger partial charge is 0.341 e. The maximum Gasteiger partial charge on any atom is 0.325 e. The van der Waals surface area contributed by atoms with Crippen LogP contribution < -0.4 is 5.32 Å². The number of nitrogens with one attached hydrogen (secondary N) is 1. The van der Waals surface area contributed by atoms with Crippen molar-refractivity contribution in [3.8, 4) is 0 Å². The highest BCUT2D eigenvalue weighted by atomic mass is 16.2. The van der Waals surface area contributed by atoms with Crippen LogP contribution in [0.15, 0.2) is 24.3 Å². The van der Waals surface area contributed by atoms with Crippen LogP contribution in [0.3, 0.4) is 0 Å². The first-order valence-corrected chi connectivity index (χ1v) is 13.0. The molecule has 6 heteroatoms. The van der Waals surface area contributed by atoms with E-state index in [1.165, 1.54) is 16.0 Å². The van der Waals surface area contributed by atoms with Crippen molar-refractivity contribution in [1.82, 2.24) is 15.1 Å². The number of aryl methyl sites for hydroxylation is 2. The summed E-state index contributed by atoms with van der Waals surface area (Å²) >= 11 is 0. The van der Waals surface area contributed by atoms with Crippen LogP contribution in [-0.4, -0.2) is 52.8 Å². The standard InChI is InChI=1S/C28H41N3O3/c1-20-5-7-21(8-6-20)9-10-22-13-17-30(18-14-22)24(32)19-31-25(33)28(29-26(31)34)15-11-23(12-16-28)27(2,3)4/h5-8,22-23H,9-19H2,1-4H3,(H,29,34). The number of likely N-dealkylation sites (tertiary alicyclic amines) is 1. The van der Waals surface area contributed by atoms with Crippen molar-refractivity contribution in [2.24, 2.45) is 17.3 Å². The molecule has 0 unspecified atom stereocenters. The van der Waals surface area contributed by atoms with E-state index in [9.17, 15) is 14.4 Å². The molecule has 1 aromatic rings. The molecule has 2 aliphatic heterocycles. The average Bonchev–Trinajstić information content (AvgIpc) is 3.02. The Balaban J connectivity index is 1.25. The van der Waals surface area contributed by atoms with Gasteiger partial charge < -0.3 is 10.2 Å². The van der Waals surface area contributed by atoms with Crippen molar-refractivity contribution in [3.63, 3.8) is 0 Å². The number of hydrogen-bond donors (Lipinski definition) is 1. The minimum absolute atomic E-state index is 0.110. The highest BCUT2D eigenvalue weighted by Crippen LogP contribution is 2.43. The van der Waals surface area contributed by atoms with Gasteiger partial charge >= 0.3 is 6.03 Å². The number of imide groups is 1. The van der Waals surface area contributed by atoms with Crippen LogP contribution >= 0.6 is 0 Å². The van der Waals surface area contributed by atoms with E-state index in [2.05, 4.69) is 57.3 Å². The summed E-state index contributed by atoms with van der Waals surface area (Å²) in [5, 5.41) is 2.96. The van der Waals surface area contributed by atoms with Gasteiger partial charge in [0, 0.05) is 13.1 Å². The van der Waals surface area contributed by atoms with Crippen LogP contribution in [0.25, 0.3) is 0 Å². The van der Waals surface area contributed by atoms with Crippen molar-refractivity contribution in [2.45, 2.75) is 84.6 Å². The fourth-order valence-electron chi connectivity index (χ4n) is 5.97. The Morgan fingerprint density at radius 1 is 1.03 bits per heavy atom. The Labute approximate surface area is 204 Å². The molecule has 0 bridgehead atoms. The molecule has 6 nitrogen and oxygen atoms in total. The average molecular weight is 468 g/mol. The maximum atomic E-state index is 13.2. The fourth-order valence-corrected chi connectivity index (χ4v) is 5.97. The van der Waals surface area contributed by atoms with Crippen LogP contribution in [0.5, 0.6) is 0 Å². The fraction of sp³-hybridized carbons (Fsp3) is 0.679.